The number of aliphatic hydroxyl groups is 1. The van der Waals surface area contributed by atoms with E-state index in [0.29, 0.717) is 29.7 Å². The molecular formula is C20H21F3O3. The molecular weight excluding hydrogens is 345 g/mol. The zero-order chi connectivity index (χ0) is 18.9. The second kappa shape index (κ2) is 7.19. The van der Waals surface area contributed by atoms with Crippen LogP contribution in [0.3, 0.4) is 0 Å². The lowest BCUT2D eigenvalue weighted by Crippen LogP contribution is -2.22. The number of rotatable bonds is 6. The maximum atomic E-state index is 14.3. The van der Waals surface area contributed by atoms with Gasteiger partial charge in [0.2, 0.25) is 0 Å². The average molecular weight is 366 g/mol. The number of hydrogen-bond acceptors (Lipinski definition) is 3. The SMILES string of the molecule is CC(C)(O)CCOc1cc(F)c(Oc2ccc(F)c3c2CCC3)cc1F. The first-order valence-electron chi connectivity index (χ1n) is 8.57. The molecule has 140 valence electrons. The van der Waals surface area contributed by atoms with Crippen LogP contribution in [-0.4, -0.2) is 17.3 Å². The van der Waals surface area contributed by atoms with E-state index in [2.05, 4.69) is 0 Å². The number of halogens is 3. The Morgan fingerprint density at radius 1 is 0.923 bits per heavy atom. The van der Waals surface area contributed by atoms with Gasteiger partial charge in [0.15, 0.2) is 23.1 Å². The zero-order valence-electron chi connectivity index (χ0n) is 14.7. The predicted molar refractivity (Wildman–Crippen MR) is 91.3 cm³/mol. The summed E-state index contributed by atoms with van der Waals surface area (Å²) in [6.07, 6.45) is 2.33. The molecule has 1 aliphatic rings. The molecule has 1 N–H and O–H groups in total. The largest absolute Gasteiger partial charge is 0.490 e. The fourth-order valence-electron chi connectivity index (χ4n) is 2.95. The third-order valence-corrected chi connectivity index (χ3v) is 4.36. The Morgan fingerprint density at radius 3 is 2.31 bits per heavy atom. The first-order chi connectivity index (χ1) is 12.2. The molecule has 0 radical (unpaired) electrons. The molecule has 0 aromatic heterocycles. The molecule has 0 atom stereocenters. The molecule has 0 heterocycles. The first-order valence-corrected chi connectivity index (χ1v) is 8.57. The number of benzene rings is 2. The van der Waals surface area contributed by atoms with Crippen LogP contribution in [0, 0.1) is 17.5 Å². The van der Waals surface area contributed by atoms with Crippen molar-refractivity contribution in [2.45, 2.75) is 45.1 Å². The topological polar surface area (TPSA) is 38.7 Å². The van der Waals surface area contributed by atoms with Gasteiger partial charge in [-0.2, -0.15) is 0 Å². The van der Waals surface area contributed by atoms with Crippen LogP contribution in [0.5, 0.6) is 17.2 Å². The minimum absolute atomic E-state index is 0.0472. The van der Waals surface area contributed by atoms with E-state index in [9.17, 15) is 18.3 Å². The molecule has 0 spiro atoms. The second-order valence-electron chi connectivity index (χ2n) is 7.08. The van der Waals surface area contributed by atoms with E-state index in [1.54, 1.807) is 13.8 Å². The Kier molecular flexibility index (Phi) is 5.14. The van der Waals surface area contributed by atoms with Crippen molar-refractivity contribution in [3.05, 3.63) is 52.8 Å². The maximum Gasteiger partial charge on any atom is 0.169 e. The van der Waals surface area contributed by atoms with Crippen molar-refractivity contribution in [2.75, 3.05) is 6.61 Å². The van der Waals surface area contributed by atoms with Gasteiger partial charge in [-0.25, -0.2) is 13.2 Å². The highest BCUT2D eigenvalue weighted by atomic mass is 19.1. The van der Waals surface area contributed by atoms with Crippen LogP contribution >= 0.6 is 0 Å². The molecule has 0 saturated heterocycles. The molecule has 0 bridgehead atoms. The Labute approximate surface area is 150 Å². The molecule has 2 aromatic carbocycles. The monoisotopic (exact) mass is 366 g/mol. The van der Waals surface area contributed by atoms with Gasteiger partial charge in [-0.05, 0) is 50.8 Å². The quantitative estimate of drug-likeness (QED) is 0.788. The van der Waals surface area contributed by atoms with Crippen LogP contribution in [0.2, 0.25) is 0 Å². The molecule has 26 heavy (non-hydrogen) atoms. The minimum atomic E-state index is -0.957. The van der Waals surface area contributed by atoms with Crippen molar-refractivity contribution in [1.29, 1.82) is 0 Å². The van der Waals surface area contributed by atoms with Crippen LogP contribution in [0.25, 0.3) is 0 Å². The van der Waals surface area contributed by atoms with E-state index in [4.69, 9.17) is 9.47 Å². The molecule has 0 amide bonds. The summed E-state index contributed by atoms with van der Waals surface area (Å²) < 4.78 is 53.0. The fourth-order valence-corrected chi connectivity index (χ4v) is 2.95. The highest BCUT2D eigenvalue weighted by Crippen LogP contribution is 2.37. The Hall–Kier alpha value is -2.21. The summed E-state index contributed by atoms with van der Waals surface area (Å²) in [7, 11) is 0. The van der Waals surface area contributed by atoms with Crippen molar-refractivity contribution < 1.29 is 27.8 Å². The van der Waals surface area contributed by atoms with E-state index in [0.717, 1.165) is 18.6 Å². The van der Waals surface area contributed by atoms with Crippen molar-refractivity contribution in [3.63, 3.8) is 0 Å². The number of hydrogen-bond donors (Lipinski definition) is 1. The van der Waals surface area contributed by atoms with E-state index < -0.39 is 17.2 Å². The van der Waals surface area contributed by atoms with Crippen molar-refractivity contribution in [3.8, 4) is 17.2 Å². The van der Waals surface area contributed by atoms with E-state index in [1.165, 1.54) is 12.1 Å². The van der Waals surface area contributed by atoms with Crippen LogP contribution < -0.4 is 9.47 Å². The van der Waals surface area contributed by atoms with Crippen molar-refractivity contribution in [2.24, 2.45) is 0 Å². The molecule has 0 saturated carbocycles. The van der Waals surface area contributed by atoms with Gasteiger partial charge in [-0.1, -0.05) is 0 Å². The summed E-state index contributed by atoms with van der Waals surface area (Å²) in [5.41, 5.74) is 0.325. The third-order valence-electron chi connectivity index (χ3n) is 4.36. The third kappa shape index (κ3) is 4.12. The standard InChI is InChI=1S/C20H21F3O3/c1-20(2,24)8-9-25-18-10-16(23)19(11-15(18)22)26-17-7-6-14(21)12-4-3-5-13(12)17/h6-7,10-11,24H,3-5,8-9H2,1-2H3. The summed E-state index contributed by atoms with van der Waals surface area (Å²) in [4.78, 5) is 0. The number of ether oxygens (including phenoxy) is 2. The average Bonchev–Trinajstić information content (AvgIpc) is 3.04. The molecule has 0 aliphatic heterocycles. The van der Waals surface area contributed by atoms with E-state index in [-0.39, 0.29) is 30.3 Å². The summed E-state index contributed by atoms with van der Waals surface area (Å²) in [5.74, 6) is -2.03. The summed E-state index contributed by atoms with van der Waals surface area (Å²) in [6.45, 7) is 3.25. The van der Waals surface area contributed by atoms with Gasteiger partial charge in [0.05, 0.1) is 12.2 Å². The van der Waals surface area contributed by atoms with Gasteiger partial charge >= 0.3 is 0 Å². The molecule has 0 unspecified atom stereocenters. The smallest absolute Gasteiger partial charge is 0.169 e. The molecule has 3 rings (SSSR count). The van der Waals surface area contributed by atoms with Crippen LogP contribution in [0.4, 0.5) is 13.2 Å². The normalized spacial score (nSPS) is 13.6. The predicted octanol–water partition coefficient (Wildman–Crippen LogP) is 4.92. The van der Waals surface area contributed by atoms with E-state index >= 15 is 0 Å². The van der Waals surface area contributed by atoms with Crippen molar-refractivity contribution >= 4 is 0 Å². The van der Waals surface area contributed by atoms with Gasteiger partial charge in [0.1, 0.15) is 11.6 Å². The lowest BCUT2D eigenvalue weighted by atomic mass is 10.1. The highest BCUT2D eigenvalue weighted by molar-refractivity contribution is 5.47. The van der Waals surface area contributed by atoms with Crippen LogP contribution in [0.1, 0.15) is 37.8 Å². The van der Waals surface area contributed by atoms with Gasteiger partial charge in [-0.3, -0.25) is 0 Å². The molecule has 6 heteroatoms. The highest BCUT2D eigenvalue weighted by Gasteiger charge is 2.22. The molecule has 1 aliphatic carbocycles. The lowest BCUT2D eigenvalue weighted by molar-refractivity contribution is 0.0547. The van der Waals surface area contributed by atoms with Crippen LogP contribution in [-0.2, 0) is 12.8 Å². The minimum Gasteiger partial charge on any atom is -0.490 e. The van der Waals surface area contributed by atoms with Gasteiger partial charge in [-0.15, -0.1) is 0 Å². The summed E-state index contributed by atoms with van der Waals surface area (Å²) in [6, 6.07) is 4.55. The zero-order valence-corrected chi connectivity index (χ0v) is 14.7. The fraction of sp³-hybridized carbons (Fsp3) is 0.400. The van der Waals surface area contributed by atoms with Gasteiger partial charge < -0.3 is 14.6 Å². The van der Waals surface area contributed by atoms with Crippen LogP contribution in [0.15, 0.2) is 24.3 Å². The Balaban J connectivity index is 1.78. The Bertz CT molecular complexity index is 813. The molecule has 3 nitrogen and oxygen atoms in total. The first kappa shape index (κ1) is 18.6. The van der Waals surface area contributed by atoms with Gasteiger partial charge in [0.25, 0.3) is 0 Å². The van der Waals surface area contributed by atoms with Gasteiger partial charge in [0, 0.05) is 24.1 Å². The number of fused-ring (bicyclic) bond motifs is 1. The molecule has 0 fully saturated rings. The second-order valence-corrected chi connectivity index (χ2v) is 7.08. The summed E-state index contributed by atoms with van der Waals surface area (Å²) >= 11 is 0. The van der Waals surface area contributed by atoms with Crippen molar-refractivity contribution in [1.82, 2.24) is 0 Å². The lowest BCUT2D eigenvalue weighted by Gasteiger charge is -2.17. The Morgan fingerprint density at radius 2 is 1.58 bits per heavy atom. The summed E-state index contributed by atoms with van der Waals surface area (Å²) in [5, 5.41) is 9.63. The van der Waals surface area contributed by atoms with E-state index in [1.807, 2.05) is 0 Å². The maximum absolute atomic E-state index is 14.3. The molecule has 2 aromatic rings.